The monoisotopic (exact) mass is 245 g/mol. The van der Waals surface area contributed by atoms with Crippen LogP contribution in [-0.4, -0.2) is 17.0 Å². The van der Waals surface area contributed by atoms with Gasteiger partial charge < -0.3 is 5.32 Å². The average Bonchev–Trinajstić information content (AvgIpc) is 2.28. The number of nitrogens with one attached hydrogen (secondary N) is 1. The van der Waals surface area contributed by atoms with Crippen LogP contribution in [0.15, 0.2) is 40.3 Å². The van der Waals surface area contributed by atoms with E-state index in [1.165, 1.54) is 10.5 Å². The lowest BCUT2D eigenvalue weighted by Gasteiger charge is -2.05. The van der Waals surface area contributed by atoms with Gasteiger partial charge in [0.05, 0.1) is 0 Å². The van der Waals surface area contributed by atoms with Gasteiger partial charge in [0.15, 0.2) is 0 Å². The fourth-order valence-electron chi connectivity index (χ4n) is 1.50. The molecule has 0 atom stereocenters. The average molecular weight is 245 g/mol. The molecule has 1 aromatic carbocycles. The highest BCUT2D eigenvalue weighted by Crippen LogP contribution is 2.27. The number of anilines is 1. The van der Waals surface area contributed by atoms with Crippen LogP contribution in [-0.2, 0) is 0 Å². The Balaban J connectivity index is 2.26. The molecule has 0 saturated carbocycles. The summed E-state index contributed by atoms with van der Waals surface area (Å²) in [5.41, 5.74) is 2.23. The van der Waals surface area contributed by atoms with Crippen LogP contribution in [0.5, 0.6) is 0 Å². The SMILES string of the molecule is CNc1nc(C)cc(Sc2cccc(C)c2)n1. The summed E-state index contributed by atoms with van der Waals surface area (Å²) in [6.45, 7) is 4.07. The second-order valence-corrected chi connectivity index (χ2v) is 4.93. The van der Waals surface area contributed by atoms with Crippen molar-refractivity contribution in [3.8, 4) is 0 Å². The number of aryl methyl sites for hydroxylation is 2. The first-order valence-corrected chi connectivity index (χ1v) is 6.27. The molecule has 17 heavy (non-hydrogen) atoms. The van der Waals surface area contributed by atoms with Gasteiger partial charge in [0, 0.05) is 17.6 Å². The summed E-state index contributed by atoms with van der Waals surface area (Å²) in [7, 11) is 1.83. The van der Waals surface area contributed by atoms with Gasteiger partial charge in [0.2, 0.25) is 5.95 Å². The molecule has 0 aliphatic heterocycles. The zero-order valence-electron chi connectivity index (χ0n) is 10.2. The number of rotatable bonds is 3. The van der Waals surface area contributed by atoms with E-state index < -0.39 is 0 Å². The van der Waals surface area contributed by atoms with Gasteiger partial charge in [0.25, 0.3) is 0 Å². The quantitative estimate of drug-likeness (QED) is 0.842. The second-order valence-electron chi connectivity index (χ2n) is 3.84. The zero-order valence-corrected chi connectivity index (χ0v) is 11.0. The van der Waals surface area contributed by atoms with Crippen LogP contribution >= 0.6 is 11.8 Å². The molecule has 0 aliphatic rings. The summed E-state index contributed by atoms with van der Waals surface area (Å²) >= 11 is 1.65. The first-order valence-electron chi connectivity index (χ1n) is 5.45. The first kappa shape index (κ1) is 11.9. The van der Waals surface area contributed by atoms with Crippen molar-refractivity contribution in [2.24, 2.45) is 0 Å². The Morgan fingerprint density at radius 1 is 1.12 bits per heavy atom. The van der Waals surface area contributed by atoms with Crippen molar-refractivity contribution in [2.75, 3.05) is 12.4 Å². The Morgan fingerprint density at radius 3 is 2.65 bits per heavy atom. The van der Waals surface area contributed by atoms with Gasteiger partial charge in [0.1, 0.15) is 5.03 Å². The summed E-state index contributed by atoms with van der Waals surface area (Å²) in [5.74, 6) is 0.667. The van der Waals surface area contributed by atoms with Crippen LogP contribution in [0.1, 0.15) is 11.3 Å². The van der Waals surface area contributed by atoms with E-state index in [4.69, 9.17) is 0 Å². The van der Waals surface area contributed by atoms with Crippen molar-refractivity contribution in [1.29, 1.82) is 0 Å². The molecular formula is C13H15N3S. The second kappa shape index (κ2) is 5.19. The molecule has 4 heteroatoms. The van der Waals surface area contributed by atoms with Crippen molar-refractivity contribution >= 4 is 17.7 Å². The molecule has 1 aromatic heterocycles. The molecule has 2 rings (SSSR count). The number of hydrogen-bond acceptors (Lipinski definition) is 4. The molecule has 88 valence electrons. The fraction of sp³-hybridized carbons (Fsp3) is 0.231. The number of benzene rings is 1. The largest absolute Gasteiger partial charge is 0.357 e. The predicted molar refractivity (Wildman–Crippen MR) is 71.6 cm³/mol. The van der Waals surface area contributed by atoms with Crippen molar-refractivity contribution in [3.63, 3.8) is 0 Å². The lowest BCUT2D eigenvalue weighted by atomic mass is 10.2. The normalized spacial score (nSPS) is 10.3. The minimum Gasteiger partial charge on any atom is -0.357 e. The van der Waals surface area contributed by atoms with Crippen LogP contribution < -0.4 is 5.32 Å². The molecule has 0 bridgehead atoms. The zero-order chi connectivity index (χ0) is 12.3. The van der Waals surface area contributed by atoms with E-state index in [-0.39, 0.29) is 0 Å². The van der Waals surface area contributed by atoms with Crippen molar-refractivity contribution in [2.45, 2.75) is 23.8 Å². The summed E-state index contributed by atoms with van der Waals surface area (Å²) < 4.78 is 0. The third-order valence-electron chi connectivity index (χ3n) is 2.27. The fourth-order valence-corrected chi connectivity index (χ4v) is 2.50. The minimum atomic E-state index is 0.667. The summed E-state index contributed by atoms with van der Waals surface area (Å²) in [6, 6.07) is 10.4. The van der Waals surface area contributed by atoms with Gasteiger partial charge in [-0.05, 0) is 32.0 Å². The van der Waals surface area contributed by atoms with Gasteiger partial charge in [-0.2, -0.15) is 0 Å². The van der Waals surface area contributed by atoms with Crippen molar-refractivity contribution in [3.05, 3.63) is 41.6 Å². The van der Waals surface area contributed by atoms with E-state index in [9.17, 15) is 0 Å². The van der Waals surface area contributed by atoms with E-state index in [0.29, 0.717) is 5.95 Å². The molecule has 0 fully saturated rings. The minimum absolute atomic E-state index is 0.667. The van der Waals surface area contributed by atoms with Gasteiger partial charge >= 0.3 is 0 Å². The summed E-state index contributed by atoms with van der Waals surface area (Å²) in [5, 5.41) is 3.94. The van der Waals surface area contributed by atoms with E-state index >= 15 is 0 Å². The van der Waals surface area contributed by atoms with Crippen LogP contribution in [0.3, 0.4) is 0 Å². The van der Waals surface area contributed by atoms with Crippen LogP contribution in [0, 0.1) is 13.8 Å². The molecule has 1 N–H and O–H groups in total. The highest BCUT2D eigenvalue weighted by Gasteiger charge is 2.03. The lowest BCUT2D eigenvalue weighted by Crippen LogP contribution is -1.98. The Hall–Kier alpha value is -1.55. The van der Waals surface area contributed by atoms with Gasteiger partial charge in [-0.1, -0.05) is 29.5 Å². The Bertz CT molecular complexity index is 526. The number of aromatic nitrogens is 2. The van der Waals surface area contributed by atoms with Crippen molar-refractivity contribution < 1.29 is 0 Å². The summed E-state index contributed by atoms with van der Waals surface area (Å²) in [4.78, 5) is 9.89. The molecular weight excluding hydrogens is 230 g/mol. The Morgan fingerprint density at radius 2 is 1.94 bits per heavy atom. The number of hydrogen-bond donors (Lipinski definition) is 1. The van der Waals surface area contributed by atoms with Crippen LogP contribution in [0.4, 0.5) is 5.95 Å². The van der Waals surface area contributed by atoms with Gasteiger partial charge in [-0.3, -0.25) is 0 Å². The maximum atomic E-state index is 4.42. The Kier molecular flexibility index (Phi) is 3.64. The predicted octanol–water partition coefficient (Wildman–Crippen LogP) is 3.29. The highest BCUT2D eigenvalue weighted by atomic mass is 32.2. The maximum Gasteiger partial charge on any atom is 0.223 e. The van der Waals surface area contributed by atoms with E-state index in [1.807, 2.05) is 20.0 Å². The third kappa shape index (κ3) is 3.20. The molecule has 1 heterocycles. The Labute approximate surface area is 106 Å². The molecule has 0 amide bonds. The molecule has 2 aromatic rings. The van der Waals surface area contributed by atoms with E-state index in [1.54, 1.807) is 11.8 Å². The topological polar surface area (TPSA) is 37.8 Å². The molecule has 0 aliphatic carbocycles. The number of nitrogens with zero attached hydrogens (tertiary/aromatic N) is 2. The summed E-state index contributed by atoms with van der Waals surface area (Å²) in [6.07, 6.45) is 0. The van der Waals surface area contributed by atoms with Gasteiger partial charge in [-0.15, -0.1) is 0 Å². The lowest BCUT2D eigenvalue weighted by molar-refractivity contribution is 1.01. The smallest absolute Gasteiger partial charge is 0.223 e. The molecule has 0 unspecified atom stereocenters. The van der Waals surface area contributed by atoms with E-state index in [2.05, 4.69) is 46.5 Å². The van der Waals surface area contributed by atoms with Gasteiger partial charge in [-0.25, -0.2) is 9.97 Å². The highest BCUT2D eigenvalue weighted by molar-refractivity contribution is 7.99. The third-order valence-corrected chi connectivity index (χ3v) is 3.17. The maximum absolute atomic E-state index is 4.42. The van der Waals surface area contributed by atoms with E-state index in [0.717, 1.165) is 10.7 Å². The molecule has 0 radical (unpaired) electrons. The molecule has 0 spiro atoms. The van der Waals surface area contributed by atoms with Crippen LogP contribution in [0.25, 0.3) is 0 Å². The molecule has 3 nitrogen and oxygen atoms in total. The first-order chi connectivity index (χ1) is 8.17. The standard InChI is InChI=1S/C13H15N3S/c1-9-5-4-6-11(7-9)17-12-8-10(2)15-13(14-3)16-12/h4-8H,1-3H3,(H,14,15,16). The van der Waals surface area contributed by atoms with Crippen LogP contribution in [0.2, 0.25) is 0 Å². The molecule has 0 saturated heterocycles. The van der Waals surface area contributed by atoms with Crippen molar-refractivity contribution in [1.82, 2.24) is 9.97 Å².